The van der Waals surface area contributed by atoms with Gasteiger partial charge >= 0.3 is 6.36 Å². The van der Waals surface area contributed by atoms with Gasteiger partial charge in [0.05, 0.1) is 17.0 Å². The fourth-order valence-electron chi connectivity index (χ4n) is 2.78. The lowest BCUT2D eigenvalue weighted by Gasteiger charge is -2.10. The zero-order chi connectivity index (χ0) is 21.4. The van der Waals surface area contributed by atoms with E-state index in [4.69, 9.17) is 11.6 Å². The van der Waals surface area contributed by atoms with Gasteiger partial charge in [0.15, 0.2) is 0 Å². The van der Waals surface area contributed by atoms with Crippen LogP contribution in [0.25, 0.3) is 10.8 Å². The molecule has 0 fully saturated rings. The number of aromatic hydroxyl groups is 1. The number of nitrogens with zero attached hydrogens (tertiary/aromatic N) is 1. The van der Waals surface area contributed by atoms with Crippen molar-refractivity contribution in [1.29, 1.82) is 0 Å². The van der Waals surface area contributed by atoms with Gasteiger partial charge in [0, 0.05) is 17.1 Å². The van der Waals surface area contributed by atoms with Crippen LogP contribution in [0.1, 0.15) is 11.1 Å². The molecular formula is C21H19ClF3NO2Si. The average molecular weight is 438 g/mol. The van der Waals surface area contributed by atoms with E-state index < -0.39 is 14.4 Å². The summed E-state index contributed by atoms with van der Waals surface area (Å²) in [7, 11) is -1.54. The lowest BCUT2D eigenvalue weighted by molar-refractivity contribution is -0.274. The van der Waals surface area contributed by atoms with Gasteiger partial charge in [-0.1, -0.05) is 49.3 Å². The van der Waals surface area contributed by atoms with Gasteiger partial charge in [-0.15, -0.1) is 18.7 Å². The molecule has 0 saturated heterocycles. The predicted octanol–water partition coefficient (Wildman–Crippen LogP) is 6.18. The van der Waals surface area contributed by atoms with Crippen LogP contribution in [0.5, 0.6) is 11.6 Å². The first-order valence-electron chi connectivity index (χ1n) is 8.80. The van der Waals surface area contributed by atoms with Crippen molar-refractivity contribution in [3.63, 3.8) is 0 Å². The zero-order valence-electron chi connectivity index (χ0n) is 16.1. The minimum atomic E-state index is -4.73. The maximum Gasteiger partial charge on any atom is 0.573 e. The molecule has 152 valence electrons. The second-order valence-corrected chi connectivity index (χ2v) is 12.9. The number of aromatic nitrogens is 1. The highest BCUT2D eigenvalue weighted by Crippen LogP contribution is 2.35. The first-order valence-corrected chi connectivity index (χ1v) is 12.7. The van der Waals surface area contributed by atoms with Crippen LogP contribution in [0.4, 0.5) is 13.2 Å². The molecule has 1 N–H and O–H groups in total. The maximum atomic E-state index is 12.3. The van der Waals surface area contributed by atoms with E-state index in [0.717, 1.165) is 10.9 Å². The minimum absolute atomic E-state index is 0.00896. The summed E-state index contributed by atoms with van der Waals surface area (Å²) >= 11 is 6.36. The highest BCUT2D eigenvalue weighted by atomic mass is 35.5. The van der Waals surface area contributed by atoms with Gasteiger partial charge < -0.3 is 14.4 Å². The number of halogens is 4. The maximum absolute atomic E-state index is 12.3. The third-order valence-corrected chi connectivity index (χ3v) is 5.18. The van der Waals surface area contributed by atoms with Crippen LogP contribution in [0, 0.1) is 11.5 Å². The Morgan fingerprint density at radius 2 is 1.79 bits per heavy atom. The van der Waals surface area contributed by atoms with Crippen LogP contribution < -0.4 is 4.74 Å². The SMILES string of the molecule is C[Si](C)(C)C#Cc1cc(Cl)c2c(O)n(Cc3ccc(OC(F)(F)F)cc3)cc2c1. The lowest BCUT2D eigenvalue weighted by atomic mass is 10.1. The summed E-state index contributed by atoms with van der Waals surface area (Å²) in [5, 5.41) is 12.2. The van der Waals surface area contributed by atoms with Gasteiger partial charge in [0.1, 0.15) is 13.8 Å². The van der Waals surface area contributed by atoms with Crippen molar-refractivity contribution in [2.75, 3.05) is 0 Å². The number of benzene rings is 2. The molecule has 0 saturated carbocycles. The number of rotatable bonds is 3. The molecule has 1 aromatic heterocycles. The van der Waals surface area contributed by atoms with Crippen LogP contribution in [0.15, 0.2) is 42.6 Å². The van der Waals surface area contributed by atoms with Crippen molar-refractivity contribution in [2.45, 2.75) is 32.5 Å². The lowest BCUT2D eigenvalue weighted by Crippen LogP contribution is -2.17. The van der Waals surface area contributed by atoms with E-state index in [2.05, 4.69) is 35.8 Å². The number of hydrogen-bond donors (Lipinski definition) is 1. The Morgan fingerprint density at radius 1 is 1.14 bits per heavy atom. The van der Waals surface area contributed by atoms with Gasteiger partial charge in [-0.2, -0.15) is 0 Å². The monoisotopic (exact) mass is 437 g/mol. The van der Waals surface area contributed by atoms with E-state index in [1.165, 1.54) is 24.3 Å². The number of alkyl halides is 3. The summed E-state index contributed by atoms with van der Waals surface area (Å²) in [6.45, 7) is 6.70. The van der Waals surface area contributed by atoms with Crippen molar-refractivity contribution in [3.8, 4) is 23.1 Å². The largest absolute Gasteiger partial charge is 0.573 e. The smallest absolute Gasteiger partial charge is 0.494 e. The molecular weight excluding hydrogens is 419 g/mol. The van der Waals surface area contributed by atoms with E-state index in [1.54, 1.807) is 16.8 Å². The topological polar surface area (TPSA) is 34.4 Å². The molecule has 1 heterocycles. The summed E-state index contributed by atoms with van der Waals surface area (Å²) in [4.78, 5) is 0. The van der Waals surface area contributed by atoms with Crippen LogP contribution in [-0.4, -0.2) is 24.1 Å². The summed E-state index contributed by atoms with van der Waals surface area (Å²) in [5.41, 5.74) is 4.75. The van der Waals surface area contributed by atoms with Gasteiger partial charge in [-0.3, -0.25) is 0 Å². The van der Waals surface area contributed by atoms with E-state index in [-0.39, 0.29) is 18.2 Å². The standard InChI is InChI=1S/C21H19ClF3NO2Si/c1-29(2,3)9-8-15-10-16-13-26(20(27)19(16)18(22)11-15)12-14-4-6-17(7-5-14)28-21(23,24)25/h4-7,10-11,13,27H,12H2,1-3H3. The third kappa shape index (κ3) is 5.49. The Hall–Kier alpha value is -2.56. The fraction of sp³-hybridized carbons (Fsp3) is 0.238. The van der Waals surface area contributed by atoms with E-state index in [0.29, 0.717) is 16.0 Å². The molecule has 8 heteroatoms. The van der Waals surface area contributed by atoms with Crippen molar-refractivity contribution in [3.05, 3.63) is 58.7 Å². The van der Waals surface area contributed by atoms with Crippen molar-refractivity contribution in [1.82, 2.24) is 4.57 Å². The van der Waals surface area contributed by atoms with Gasteiger partial charge in [0.2, 0.25) is 5.88 Å². The van der Waals surface area contributed by atoms with E-state index in [1.807, 2.05) is 6.07 Å². The first kappa shape index (κ1) is 21.2. The first-order chi connectivity index (χ1) is 13.4. The molecule has 0 aliphatic carbocycles. The summed E-state index contributed by atoms with van der Waals surface area (Å²) in [5.74, 6) is 2.85. The molecule has 0 bridgehead atoms. The third-order valence-electron chi connectivity index (χ3n) is 4.00. The molecule has 29 heavy (non-hydrogen) atoms. The predicted molar refractivity (Wildman–Crippen MR) is 111 cm³/mol. The molecule has 0 radical (unpaired) electrons. The quantitative estimate of drug-likeness (QED) is 0.392. The molecule has 3 rings (SSSR count). The molecule has 0 amide bonds. The molecule has 0 aliphatic heterocycles. The Labute approximate surface area is 172 Å². The molecule has 0 spiro atoms. The van der Waals surface area contributed by atoms with Crippen molar-refractivity contribution < 1.29 is 23.0 Å². The molecule has 0 aliphatic rings. The van der Waals surface area contributed by atoms with Crippen LogP contribution >= 0.6 is 11.6 Å². The number of hydrogen-bond acceptors (Lipinski definition) is 2. The molecule has 3 nitrogen and oxygen atoms in total. The highest BCUT2D eigenvalue weighted by molar-refractivity contribution is 6.83. The van der Waals surface area contributed by atoms with Crippen molar-refractivity contribution in [2.24, 2.45) is 0 Å². The fourth-order valence-corrected chi connectivity index (χ4v) is 3.61. The number of ether oxygens (including phenoxy) is 1. The summed E-state index contributed by atoms with van der Waals surface area (Å²) in [6.07, 6.45) is -2.98. The van der Waals surface area contributed by atoms with E-state index >= 15 is 0 Å². The van der Waals surface area contributed by atoms with Crippen LogP contribution in [0.2, 0.25) is 24.7 Å². The number of fused-ring (bicyclic) bond motifs is 1. The average Bonchev–Trinajstić information content (AvgIpc) is 2.89. The van der Waals surface area contributed by atoms with Crippen LogP contribution in [0.3, 0.4) is 0 Å². The molecule has 3 aromatic rings. The Morgan fingerprint density at radius 3 is 2.38 bits per heavy atom. The van der Waals surface area contributed by atoms with E-state index in [9.17, 15) is 18.3 Å². The second-order valence-electron chi connectivity index (χ2n) is 7.69. The van der Waals surface area contributed by atoms with Gasteiger partial charge in [-0.25, -0.2) is 0 Å². The molecule has 0 atom stereocenters. The van der Waals surface area contributed by atoms with Gasteiger partial charge in [0.25, 0.3) is 0 Å². The Bertz CT molecular complexity index is 1100. The minimum Gasteiger partial charge on any atom is -0.494 e. The van der Waals surface area contributed by atoms with Crippen molar-refractivity contribution >= 4 is 30.4 Å². The normalized spacial score (nSPS) is 12.0. The van der Waals surface area contributed by atoms with Crippen LogP contribution in [-0.2, 0) is 6.54 Å². The highest BCUT2D eigenvalue weighted by Gasteiger charge is 2.30. The second kappa shape index (κ2) is 7.69. The summed E-state index contributed by atoms with van der Waals surface area (Å²) in [6, 6.07) is 9.09. The Balaban J connectivity index is 1.89. The summed E-state index contributed by atoms with van der Waals surface area (Å²) < 4.78 is 42.3. The molecule has 2 aromatic carbocycles. The van der Waals surface area contributed by atoms with Gasteiger partial charge in [-0.05, 0) is 29.8 Å². The zero-order valence-corrected chi connectivity index (χ0v) is 17.8. The Kier molecular flexibility index (Phi) is 5.61. The molecule has 0 unspecified atom stereocenters.